The summed E-state index contributed by atoms with van der Waals surface area (Å²) < 4.78 is 21.4. The number of nitrogens with zero attached hydrogens (tertiary/aromatic N) is 4. The first-order valence-corrected chi connectivity index (χ1v) is 10.9. The molecule has 0 radical (unpaired) electrons. The molecular formula is C17H14Cl3N5O2S. The van der Waals surface area contributed by atoms with Gasteiger partial charge in [-0.1, -0.05) is 40.9 Å². The van der Waals surface area contributed by atoms with Crippen LogP contribution < -0.4 is 5.32 Å². The van der Waals surface area contributed by atoms with Crippen LogP contribution in [0, 0.1) is 0 Å². The molecule has 146 valence electrons. The van der Waals surface area contributed by atoms with Gasteiger partial charge in [-0.05, 0) is 36.4 Å². The fourth-order valence-corrected chi connectivity index (χ4v) is 3.12. The molecule has 0 aliphatic heterocycles. The van der Waals surface area contributed by atoms with E-state index in [1.54, 1.807) is 18.3 Å². The van der Waals surface area contributed by atoms with Crippen molar-refractivity contribution in [1.29, 1.82) is 0 Å². The second kappa shape index (κ2) is 8.16. The summed E-state index contributed by atoms with van der Waals surface area (Å²) in [6.07, 6.45) is 2.80. The van der Waals surface area contributed by atoms with E-state index in [9.17, 15) is 8.42 Å². The fraction of sp³-hybridized carbons (Fsp3) is 0.176. The van der Waals surface area contributed by atoms with Crippen molar-refractivity contribution in [1.82, 2.24) is 19.9 Å². The number of rotatable bonds is 5. The Morgan fingerprint density at radius 2 is 1.71 bits per heavy atom. The number of anilines is 1. The Bertz CT molecular complexity index is 1070. The predicted molar refractivity (Wildman–Crippen MR) is 109 cm³/mol. The lowest BCUT2D eigenvalue weighted by Crippen LogP contribution is -2.14. The summed E-state index contributed by atoms with van der Waals surface area (Å²) in [5.41, 5.74) is 1.32. The monoisotopic (exact) mass is 457 g/mol. The van der Waals surface area contributed by atoms with Gasteiger partial charge in [0.15, 0.2) is 21.5 Å². The molecule has 2 heterocycles. The zero-order valence-electron chi connectivity index (χ0n) is 14.5. The molecule has 11 heteroatoms. The van der Waals surface area contributed by atoms with Crippen molar-refractivity contribution in [3.8, 4) is 11.4 Å². The van der Waals surface area contributed by atoms with E-state index in [4.69, 9.17) is 34.8 Å². The highest BCUT2D eigenvalue weighted by Gasteiger charge is 2.28. The molecule has 0 unspecified atom stereocenters. The van der Waals surface area contributed by atoms with Crippen molar-refractivity contribution in [3.63, 3.8) is 0 Å². The van der Waals surface area contributed by atoms with E-state index in [2.05, 4.69) is 25.3 Å². The van der Waals surface area contributed by atoms with E-state index in [0.29, 0.717) is 12.1 Å². The number of benzene rings is 1. The Morgan fingerprint density at radius 1 is 1.00 bits per heavy atom. The van der Waals surface area contributed by atoms with Crippen LogP contribution in [0.1, 0.15) is 11.5 Å². The molecule has 0 spiro atoms. The highest BCUT2D eigenvalue weighted by Crippen LogP contribution is 2.36. The Morgan fingerprint density at radius 3 is 2.29 bits per heavy atom. The molecule has 3 aromatic rings. The molecule has 1 N–H and O–H groups in total. The topological polar surface area (TPSA) is 97.7 Å². The van der Waals surface area contributed by atoms with Gasteiger partial charge < -0.3 is 5.32 Å². The van der Waals surface area contributed by atoms with E-state index in [-0.39, 0.29) is 22.5 Å². The molecule has 0 aliphatic carbocycles. The molecule has 3 rings (SSSR count). The maximum Gasteiger partial charge on any atom is 0.250 e. The number of pyridine rings is 1. The molecule has 0 amide bonds. The molecular weight excluding hydrogens is 445 g/mol. The molecule has 0 fully saturated rings. The molecule has 0 aliphatic rings. The summed E-state index contributed by atoms with van der Waals surface area (Å²) in [6, 6.07) is 11.6. The minimum Gasteiger partial charge on any atom is -0.348 e. The number of halogens is 3. The zero-order valence-corrected chi connectivity index (χ0v) is 17.6. The molecule has 1 aromatic carbocycles. The number of hydrogen-bond acceptors (Lipinski definition) is 7. The van der Waals surface area contributed by atoms with Gasteiger partial charge in [-0.3, -0.25) is 4.98 Å². The quantitative estimate of drug-likeness (QED) is 0.581. The average molecular weight is 459 g/mol. The number of sulfone groups is 1. The number of hydrogen-bond donors (Lipinski definition) is 1. The van der Waals surface area contributed by atoms with Gasteiger partial charge in [0.25, 0.3) is 0 Å². The van der Waals surface area contributed by atoms with Crippen LogP contribution >= 0.6 is 34.8 Å². The molecule has 28 heavy (non-hydrogen) atoms. The average Bonchev–Trinajstić information content (AvgIpc) is 2.66. The van der Waals surface area contributed by atoms with Gasteiger partial charge in [-0.25, -0.2) is 13.4 Å². The van der Waals surface area contributed by atoms with Gasteiger partial charge >= 0.3 is 0 Å². The summed E-state index contributed by atoms with van der Waals surface area (Å²) in [5, 5.41) is 3.02. The van der Waals surface area contributed by atoms with E-state index in [1.165, 1.54) is 12.1 Å². The van der Waals surface area contributed by atoms with Crippen LogP contribution in [0.25, 0.3) is 11.4 Å². The number of aromatic nitrogens is 4. The van der Waals surface area contributed by atoms with Gasteiger partial charge in [-0.2, -0.15) is 9.97 Å². The molecule has 0 saturated carbocycles. The second-order valence-electron chi connectivity index (χ2n) is 5.78. The van der Waals surface area contributed by atoms with Crippen molar-refractivity contribution in [2.75, 3.05) is 11.6 Å². The third kappa shape index (κ3) is 5.29. The van der Waals surface area contributed by atoms with Crippen molar-refractivity contribution >= 4 is 50.6 Å². The van der Waals surface area contributed by atoms with Crippen molar-refractivity contribution < 1.29 is 8.42 Å². The lowest BCUT2D eigenvalue weighted by atomic mass is 10.2. The SMILES string of the molecule is CS(=O)(=O)c1ccc(-c2nc(NCc3ccccn3)nc(C(Cl)(Cl)Cl)n2)cc1. The normalized spacial score (nSPS) is 12.0. The van der Waals surface area contributed by atoms with Gasteiger partial charge in [0, 0.05) is 18.0 Å². The van der Waals surface area contributed by atoms with Gasteiger partial charge in [0.2, 0.25) is 9.74 Å². The highest BCUT2D eigenvalue weighted by atomic mass is 35.6. The van der Waals surface area contributed by atoms with Gasteiger partial charge in [-0.15, -0.1) is 0 Å². The first-order chi connectivity index (χ1) is 13.1. The van der Waals surface area contributed by atoms with Gasteiger partial charge in [0.1, 0.15) is 0 Å². The van der Waals surface area contributed by atoms with Crippen LogP contribution in [-0.4, -0.2) is 34.6 Å². The largest absolute Gasteiger partial charge is 0.348 e. The van der Waals surface area contributed by atoms with Crippen LogP contribution in [-0.2, 0) is 20.2 Å². The lowest BCUT2D eigenvalue weighted by molar-refractivity contribution is 0.602. The van der Waals surface area contributed by atoms with E-state index < -0.39 is 13.6 Å². The number of alkyl halides is 3. The Hall–Kier alpha value is -2.00. The summed E-state index contributed by atoms with van der Waals surface area (Å²) in [4.78, 5) is 17.1. The molecule has 0 saturated heterocycles. The maximum absolute atomic E-state index is 11.6. The zero-order chi connectivity index (χ0) is 20.4. The number of nitrogens with one attached hydrogen (secondary N) is 1. The lowest BCUT2D eigenvalue weighted by Gasteiger charge is -2.13. The molecule has 2 aromatic heterocycles. The summed E-state index contributed by atoms with van der Waals surface area (Å²) in [5.74, 6) is 0.377. The third-order valence-corrected chi connectivity index (χ3v) is 5.22. The van der Waals surface area contributed by atoms with Crippen molar-refractivity contribution in [3.05, 3.63) is 60.2 Å². The third-order valence-electron chi connectivity index (χ3n) is 3.58. The Balaban J connectivity index is 1.96. The van der Waals surface area contributed by atoms with Crippen LogP contribution in [0.15, 0.2) is 53.6 Å². The van der Waals surface area contributed by atoms with Crippen LogP contribution in [0.2, 0.25) is 0 Å². The Labute approximate surface area is 177 Å². The van der Waals surface area contributed by atoms with Gasteiger partial charge in [0.05, 0.1) is 17.1 Å². The van der Waals surface area contributed by atoms with Crippen LogP contribution in [0.5, 0.6) is 0 Å². The molecule has 7 nitrogen and oxygen atoms in total. The fourth-order valence-electron chi connectivity index (χ4n) is 2.23. The van der Waals surface area contributed by atoms with E-state index in [1.807, 2.05) is 18.2 Å². The first kappa shape index (κ1) is 20.7. The van der Waals surface area contributed by atoms with Crippen molar-refractivity contribution in [2.45, 2.75) is 15.2 Å². The maximum atomic E-state index is 11.6. The van der Waals surface area contributed by atoms with E-state index >= 15 is 0 Å². The highest BCUT2D eigenvalue weighted by molar-refractivity contribution is 7.90. The first-order valence-electron chi connectivity index (χ1n) is 7.90. The summed E-state index contributed by atoms with van der Waals surface area (Å²) >= 11 is 17.9. The Kier molecular flexibility index (Phi) is 6.04. The van der Waals surface area contributed by atoms with E-state index in [0.717, 1.165) is 11.9 Å². The van der Waals surface area contributed by atoms with Crippen LogP contribution in [0.3, 0.4) is 0 Å². The standard InChI is InChI=1S/C17H14Cl3N5O2S/c1-28(26,27)13-7-5-11(6-8-13)14-23-15(17(18,19)20)25-16(24-14)22-10-12-4-2-3-9-21-12/h2-9H,10H2,1H3,(H,22,23,24,25). The molecule has 0 bridgehead atoms. The predicted octanol–water partition coefficient (Wildman–Crippen LogP) is 3.78. The summed E-state index contributed by atoms with van der Waals surface area (Å²) in [7, 11) is -3.32. The summed E-state index contributed by atoms with van der Waals surface area (Å²) in [6.45, 7) is 0.358. The second-order valence-corrected chi connectivity index (χ2v) is 10.1. The van der Waals surface area contributed by atoms with Crippen LogP contribution in [0.4, 0.5) is 5.95 Å². The smallest absolute Gasteiger partial charge is 0.250 e. The van der Waals surface area contributed by atoms with Crippen molar-refractivity contribution in [2.24, 2.45) is 0 Å². The minimum atomic E-state index is -3.32. The minimum absolute atomic E-state index is 0.0572. The molecule has 0 atom stereocenters.